The minimum atomic E-state index is -0.810. The molecule has 2 N–H and O–H groups in total. The zero-order valence-corrected chi connectivity index (χ0v) is 11.6. The van der Waals surface area contributed by atoms with Crippen molar-refractivity contribution in [3.05, 3.63) is 0 Å². The molecule has 0 aromatic rings. The van der Waals surface area contributed by atoms with Crippen LogP contribution in [0.1, 0.15) is 34.6 Å². The van der Waals surface area contributed by atoms with Crippen molar-refractivity contribution in [2.24, 2.45) is 0 Å². The molecule has 1 saturated heterocycles. The van der Waals surface area contributed by atoms with E-state index in [4.69, 9.17) is 0 Å². The third-order valence-corrected chi connectivity index (χ3v) is 2.58. The van der Waals surface area contributed by atoms with Crippen LogP contribution in [0.2, 0.25) is 0 Å². The van der Waals surface area contributed by atoms with Crippen molar-refractivity contribution >= 4 is 17.7 Å². The summed E-state index contributed by atoms with van der Waals surface area (Å²) in [7, 11) is 0. The highest BCUT2D eigenvalue weighted by molar-refractivity contribution is 6.05. The van der Waals surface area contributed by atoms with E-state index >= 15 is 0 Å². The van der Waals surface area contributed by atoms with Crippen molar-refractivity contribution < 1.29 is 14.4 Å². The first-order valence-electron chi connectivity index (χ1n) is 5.94. The van der Waals surface area contributed by atoms with Crippen LogP contribution in [0.5, 0.6) is 0 Å². The van der Waals surface area contributed by atoms with Crippen LogP contribution in [-0.2, 0) is 14.4 Å². The van der Waals surface area contributed by atoms with Gasteiger partial charge in [-0.15, -0.1) is 0 Å². The van der Waals surface area contributed by atoms with Gasteiger partial charge in [0.25, 0.3) is 0 Å². The fourth-order valence-electron chi connectivity index (χ4n) is 1.68. The molecular formula is C12H21N3O3. The summed E-state index contributed by atoms with van der Waals surface area (Å²) in [4.78, 5) is 36.4. The van der Waals surface area contributed by atoms with E-state index in [9.17, 15) is 14.4 Å². The number of nitrogens with zero attached hydrogens (tertiary/aromatic N) is 1. The van der Waals surface area contributed by atoms with Crippen molar-refractivity contribution in [3.8, 4) is 0 Å². The first-order valence-corrected chi connectivity index (χ1v) is 5.94. The molecule has 6 heteroatoms. The van der Waals surface area contributed by atoms with E-state index in [1.54, 1.807) is 13.8 Å². The molecule has 0 radical (unpaired) electrons. The molecule has 3 amide bonds. The Morgan fingerprint density at radius 2 is 1.94 bits per heavy atom. The normalized spacial score (nSPS) is 19.9. The van der Waals surface area contributed by atoms with Gasteiger partial charge in [-0.2, -0.15) is 0 Å². The van der Waals surface area contributed by atoms with Crippen molar-refractivity contribution in [1.82, 2.24) is 15.5 Å². The predicted octanol–water partition coefficient (Wildman–Crippen LogP) is -0.362. The number of piperazine rings is 1. The number of carbonyl (C=O) groups excluding carboxylic acids is 3. The van der Waals surface area contributed by atoms with Gasteiger partial charge < -0.3 is 5.32 Å². The minimum Gasteiger partial charge on any atom is -0.350 e. The smallest absolute Gasteiger partial charge is 0.249 e. The molecule has 0 unspecified atom stereocenters. The minimum absolute atomic E-state index is 0.0710. The lowest BCUT2D eigenvalue weighted by Gasteiger charge is -2.36. The van der Waals surface area contributed by atoms with Crippen molar-refractivity contribution in [1.29, 1.82) is 0 Å². The van der Waals surface area contributed by atoms with E-state index in [1.807, 2.05) is 20.8 Å². The van der Waals surface area contributed by atoms with Crippen LogP contribution in [-0.4, -0.2) is 46.8 Å². The first-order chi connectivity index (χ1) is 8.03. The lowest BCUT2D eigenvalue weighted by molar-refractivity contribution is -0.155. The Kier molecular flexibility index (Phi) is 3.81. The molecule has 1 heterocycles. The fourth-order valence-corrected chi connectivity index (χ4v) is 1.68. The van der Waals surface area contributed by atoms with E-state index in [-0.39, 0.29) is 36.3 Å². The van der Waals surface area contributed by atoms with Crippen LogP contribution in [0.15, 0.2) is 0 Å². The Hall–Kier alpha value is -1.43. The largest absolute Gasteiger partial charge is 0.350 e. The van der Waals surface area contributed by atoms with Gasteiger partial charge >= 0.3 is 0 Å². The van der Waals surface area contributed by atoms with Crippen molar-refractivity contribution in [3.63, 3.8) is 0 Å². The molecule has 0 saturated carbocycles. The van der Waals surface area contributed by atoms with Crippen molar-refractivity contribution in [2.45, 2.75) is 45.7 Å². The molecule has 102 valence electrons. The standard InChI is InChI=1S/C12H21N3O3/c1-11(2,3)14-8(16)7-15-9(17)6-13-12(4,5)10(15)18/h13H,6-7H2,1-5H3,(H,14,16). The van der Waals surface area contributed by atoms with Gasteiger partial charge in [0.2, 0.25) is 17.7 Å². The van der Waals surface area contributed by atoms with Crippen LogP contribution in [0.3, 0.4) is 0 Å². The second kappa shape index (κ2) is 4.68. The summed E-state index contributed by atoms with van der Waals surface area (Å²) in [6, 6.07) is 0. The SMILES string of the molecule is CC(C)(C)NC(=O)CN1C(=O)CNC(C)(C)C1=O. The summed E-state index contributed by atoms with van der Waals surface area (Å²) in [5.41, 5.74) is -1.19. The Morgan fingerprint density at radius 3 is 2.44 bits per heavy atom. The Morgan fingerprint density at radius 1 is 1.39 bits per heavy atom. The number of hydrogen-bond acceptors (Lipinski definition) is 4. The monoisotopic (exact) mass is 255 g/mol. The zero-order chi connectivity index (χ0) is 14.1. The molecule has 1 aliphatic heterocycles. The first kappa shape index (κ1) is 14.6. The summed E-state index contributed by atoms with van der Waals surface area (Å²) in [6.45, 7) is 8.76. The molecule has 0 aromatic carbocycles. The molecule has 1 aliphatic rings. The second-order valence-corrected chi connectivity index (χ2v) is 6.06. The van der Waals surface area contributed by atoms with Gasteiger partial charge in [-0.05, 0) is 34.6 Å². The average Bonchev–Trinajstić information content (AvgIpc) is 2.17. The van der Waals surface area contributed by atoms with Crippen LogP contribution >= 0.6 is 0 Å². The van der Waals surface area contributed by atoms with Crippen molar-refractivity contribution in [2.75, 3.05) is 13.1 Å². The van der Waals surface area contributed by atoms with Gasteiger partial charge in [-0.1, -0.05) is 0 Å². The third kappa shape index (κ3) is 3.53. The quantitative estimate of drug-likeness (QED) is 0.660. The molecule has 0 aromatic heterocycles. The fraction of sp³-hybridized carbons (Fsp3) is 0.750. The maximum absolute atomic E-state index is 12.0. The maximum Gasteiger partial charge on any atom is 0.249 e. The van der Waals surface area contributed by atoms with E-state index in [2.05, 4.69) is 10.6 Å². The van der Waals surface area contributed by atoms with Crippen LogP contribution in [0.25, 0.3) is 0 Å². The van der Waals surface area contributed by atoms with Crippen LogP contribution in [0.4, 0.5) is 0 Å². The lowest BCUT2D eigenvalue weighted by atomic mass is 10.0. The molecule has 6 nitrogen and oxygen atoms in total. The average molecular weight is 255 g/mol. The number of imide groups is 1. The number of amides is 3. The Labute approximate surface area is 107 Å². The summed E-state index contributed by atoms with van der Waals surface area (Å²) < 4.78 is 0. The predicted molar refractivity (Wildman–Crippen MR) is 66.7 cm³/mol. The molecule has 1 fully saturated rings. The highest BCUT2D eigenvalue weighted by Crippen LogP contribution is 2.13. The molecule has 0 atom stereocenters. The van der Waals surface area contributed by atoms with Gasteiger partial charge in [-0.3, -0.25) is 24.6 Å². The zero-order valence-electron chi connectivity index (χ0n) is 11.6. The molecule has 0 aliphatic carbocycles. The van der Waals surface area contributed by atoms with E-state index < -0.39 is 5.54 Å². The maximum atomic E-state index is 12.0. The van der Waals surface area contributed by atoms with Gasteiger partial charge in [0.1, 0.15) is 6.54 Å². The molecular weight excluding hydrogens is 234 g/mol. The topological polar surface area (TPSA) is 78.5 Å². The highest BCUT2D eigenvalue weighted by Gasteiger charge is 2.40. The van der Waals surface area contributed by atoms with Crippen LogP contribution in [0, 0.1) is 0 Å². The van der Waals surface area contributed by atoms with Gasteiger partial charge in [-0.25, -0.2) is 0 Å². The summed E-state index contributed by atoms with van der Waals surface area (Å²) in [6.07, 6.45) is 0. The van der Waals surface area contributed by atoms with E-state index in [0.717, 1.165) is 4.90 Å². The van der Waals surface area contributed by atoms with Gasteiger partial charge in [0.15, 0.2) is 0 Å². The van der Waals surface area contributed by atoms with E-state index in [1.165, 1.54) is 0 Å². The number of carbonyl (C=O) groups is 3. The Bertz CT molecular complexity index is 383. The summed E-state index contributed by atoms with van der Waals surface area (Å²) in [5, 5.41) is 5.57. The number of nitrogens with one attached hydrogen (secondary N) is 2. The Balaban J connectivity index is 2.73. The molecule has 18 heavy (non-hydrogen) atoms. The number of rotatable bonds is 2. The van der Waals surface area contributed by atoms with Gasteiger partial charge in [0, 0.05) is 5.54 Å². The molecule has 1 rings (SSSR count). The highest BCUT2D eigenvalue weighted by atomic mass is 16.2. The van der Waals surface area contributed by atoms with E-state index in [0.29, 0.717) is 0 Å². The number of hydrogen-bond donors (Lipinski definition) is 2. The lowest BCUT2D eigenvalue weighted by Crippen LogP contribution is -2.65. The second-order valence-electron chi connectivity index (χ2n) is 6.06. The molecule has 0 spiro atoms. The summed E-state index contributed by atoms with van der Waals surface area (Å²) in [5.74, 6) is -1.08. The summed E-state index contributed by atoms with van der Waals surface area (Å²) >= 11 is 0. The van der Waals surface area contributed by atoms with Gasteiger partial charge in [0.05, 0.1) is 12.1 Å². The molecule has 0 bridgehead atoms. The third-order valence-electron chi connectivity index (χ3n) is 2.58. The van der Waals surface area contributed by atoms with Crippen LogP contribution < -0.4 is 10.6 Å².